The van der Waals surface area contributed by atoms with Gasteiger partial charge in [0.25, 0.3) is 0 Å². The van der Waals surface area contributed by atoms with E-state index in [1.807, 2.05) is 0 Å². The molecule has 0 radical (unpaired) electrons. The highest BCUT2D eigenvalue weighted by Gasteiger charge is 2.34. The van der Waals surface area contributed by atoms with Gasteiger partial charge in [0.15, 0.2) is 0 Å². The summed E-state index contributed by atoms with van der Waals surface area (Å²) in [5, 5.41) is 0. The minimum absolute atomic E-state index is 0.107. The van der Waals surface area contributed by atoms with Crippen LogP contribution in [0.2, 0.25) is 0 Å². The van der Waals surface area contributed by atoms with Crippen LogP contribution in [-0.2, 0) is 0 Å². The highest BCUT2D eigenvalue weighted by molar-refractivity contribution is 4.82. The second-order valence-electron chi connectivity index (χ2n) is 3.32. The van der Waals surface area contributed by atoms with Crippen molar-refractivity contribution in [1.29, 1.82) is 0 Å². The number of rotatable bonds is 6. The smallest absolute Gasteiger partial charge is 0.251 e. The van der Waals surface area contributed by atoms with Crippen molar-refractivity contribution in [3.63, 3.8) is 0 Å². The van der Waals surface area contributed by atoms with Crippen LogP contribution >= 0.6 is 0 Å². The van der Waals surface area contributed by atoms with Crippen LogP contribution in [0.5, 0.6) is 0 Å². The lowest BCUT2D eigenvalue weighted by Crippen LogP contribution is -2.19. The van der Waals surface area contributed by atoms with Gasteiger partial charge in [0, 0.05) is 0 Å². The third kappa shape index (κ3) is 6.92. The monoisotopic (exact) mass is 212 g/mol. The molecule has 0 bridgehead atoms. The lowest BCUT2D eigenvalue weighted by Gasteiger charge is -2.13. The fourth-order valence-corrected chi connectivity index (χ4v) is 0.941. The number of alkyl halides is 4. The van der Waals surface area contributed by atoms with E-state index in [0.29, 0.717) is 19.3 Å². The minimum atomic E-state index is -4.09. The minimum Gasteiger partial charge on any atom is -0.251 e. The second-order valence-corrected chi connectivity index (χ2v) is 3.32. The largest absolute Gasteiger partial charge is 0.391 e. The van der Waals surface area contributed by atoms with E-state index in [0.717, 1.165) is 0 Å². The molecule has 0 aromatic heterocycles. The summed E-state index contributed by atoms with van der Waals surface area (Å²) >= 11 is 0. The Hall–Kier alpha value is -0.540. The van der Waals surface area contributed by atoms with E-state index in [1.54, 1.807) is 12.2 Å². The summed E-state index contributed by atoms with van der Waals surface area (Å²) in [5.74, 6) is -1.26. The van der Waals surface area contributed by atoms with Gasteiger partial charge in [-0.25, -0.2) is 0 Å². The molecule has 0 aliphatic heterocycles. The summed E-state index contributed by atoms with van der Waals surface area (Å²) in [6.07, 6.45) is 0.915. The van der Waals surface area contributed by atoms with Crippen molar-refractivity contribution >= 4 is 0 Å². The fraction of sp³-hybridized carbons (Fsp3) is 0.800. The van der Waals surface area contributed by atoms with Gasteiger partial charge >= 0.3 is 6.18 Å². The first kappa shape index (κ1) is 13.5. The highest BCUT2D eigenvalue weighted by atomic mass is 19.4. The Kier molecular flexibility index (Phi) is 6.58. The summed E-state index contributed by atoms with van der Waals surface area (Å²) in [5.41, 5.74) is 0. The quantitative estimate of drug-likeness (QED) is 0.350. The number of hydrogen-bond donors (Lipinski definition) is 0. The third-order valence-corrected chi connectivity index (χ3v) is 2.00. The van der Waals surface area contributed by atoms with Crippen LogP contribution in [0.1, 0.15) is 32.6 Å². The van der Waals surface area contributed by atoms with E-state index in [-0.39, 0.29) is 13.1 Å². The molecule has 0 saturated carbocycles. The average molecular weight is 212 g/mol. The number of unbranched alkanes of at least 4 members (excludes halogenated alkanes) is 1. The normalized spacial score (nSPS) is 14.9. The molecule has 0 amide bonds. The van der Waals surface area contributed by atoms with E-state index in [9.17, 15) is 17.6 Å². The predicted molar refractivity (Wildman–Crippen MR) is 48.8 cm³/mol. The molecule has 4 heteroatoms. The van der Waals surface area contributed by atoms with Gasteiger partial charge < -0.3 is 0 Å². The van der Waals surface area contributed by atoms with Crippen LogP contribution in [0.3, 0.4) is 0 Å². The van der Waals surface area contributed by atoms with Gasteiger partial charge in [-0.3, -0.25) is 4.39 Å². The molecule has 0 heterocycles. The molecular formula is C10H16F4. The van der Waals surface area contributed by atoms with Gasteiger partial charge in [-0.1, -0.05) is 19.1 Å². The molecule has 0 spiro atoms. The van der Waals surface area contributed by atoms with E-state index < -0.39 is 12.1 Å². The van der Waals surface area contributed by atoms with Gasteiger partial charge in [-0.2, -0.15) is 13.2 Å². The Morgan fingerprint density at radius 1 is 1.14 bits per heavy atom. The van der Waals surface area contributed by atoms with Gasteiger partial charge in [-0.05, 0) is 25.7 Å². The van der Waals surface area contributed by atoms with E-state index in [2.05, 4.69) is 0 Å². The van der Waals surface area contributed by atoms with Crippen molar-refractivity contribution in [2.45, 2.75) is 38.8 Å². The van der Waals surface area contributed by atoms with Gasteiger partial charge in [0.1, 0.15) is 0 Å². The zero-order valence-corrected chi connectivity index (χ0v) is 8.28. The molecular weight excluding hydrogens is 196 g/mol. The van der Waals surface area contributed by atoms with Crippen LogP contribution < -0.4 is 0 Å². The molecule has 0 saturated heterocycles. The van der Waals surface area contributed by atoms with E-state index in [4.69, 9.17) is 0 Å². The molecule has 0 aliphatic carbocycles. The van der Waals surface area contributed by atoms with E-state index >= 15 is 0 Å². The fourth-order valence-electron chi connectivity index (χ4n) is 0.941. The molecule has 84 valence electrons. The van der Waals surface area contributed by atoms with Crippen LogP contribution in [0.25, 0.3) is 0 Å². The lowest BCUT2D eigenvalue weighted by atomic mass is 10.1. The standard InChI is InChI=1S/C10H16F4/c1-9(10(12,13)14)7-5-3-2-4-6-8-11/h2-3,9H,4-8H2,1H3. The SMILES string of the molecule is CC(CCC=CCCCF)C(F)(F)F. The molecule has 1 atom stereocenters. The zero-order chi connectivity index (χ0) is 11.0. The number of allylic oxidation sites excluding steroid dienone is 2. The van der Waals surface area contributed by atoms with Gasteiger partial charge in [-0.15, -0.1) is 0 Å². The second kappa shape index (κ2) is 6.85. The van der Waals surface area contributed by atoms with Crippen molar-refractivity contribution in [3.8, 4) is 0 Å². The van der Waals surface area contributed by atoms with Crippen molar-refractivity contribution in [2.24, 2.45) is 5.92 Å². The lowest BCUT2D eigenvalue weighted by molar-refractivity contribution is -0.170. The molecule has 0 nitrogen and oxygen atoms in total. The summed E-state index contributed by atoms with van der Waals surface area (Å²) in [6, 6.07) is 0. The molecule has 0 N–H and O–H groups in total. The van der Waals surface area contributed by atoms with Crippen LogP contribution in [0, 0.1) is 5.92 Å². The first-order chi connectivity index (χ1) is 6.48. The van der Waals surface area contributed by atoms with Crippen LogP contribution in [0.15, 0.2) is 12.2 Å². The summed E-state index contributed by atoms with van der Waals surface area (Å²) in [6.45, 7) is 0.804. The predicted octanol–water partition coefficient (Wildman–Crippen LogP) is 4.27. The average Bonchev–Trinajstić information content (AvgIpc) is 2.09. The summed E-state index contributed by atoms with van der Waals surface area (Å²) < 4.78 is 47.6. The molecule has 1 unspecified atom stereocenters. The van der Waals surface area contributed by atoms with Crippen molar-refractivity contribution in [2.75, 3.05) is 6.67 Å². The Morgan fingerprint density at radius 2 is 1.71 bits per heavy atom. The molecule has 0 aromatic carbocycles. The van der Waals surface area contributed by atoms with Gasteiger partial charge in [0.2, 0.25) is 0 Å². The Bertz CT molecular complexity index is 160. The maximum absolute atomic E-state index is 12.0. The first-order valence-electron chi connectivity index (χ1n) is 4.76. The maximum atomic E-state index is 12.0. The van der Waals surface area contributed by atoms with Crippen molar-refractivity contribution in [3.05, 3.63) is 12.2 Å². The number of halogens is 4. The topological polar surface area (TPSA) is 0 Å². The third-order valence-electron chi connectivity index (χ3n) is 2.00. The Labute approximate surface area is 82.0 Å². The number of hydrogen-bond acceptors (Lipinski definition) is 0. The van der Waals surface area contributed by atoms with Crippen molar-refractivity contribution < 1.29 is 17.6 Å². The highest BCUT2D eigenvalue weighted by Crippen LogP contribution is 2.29. The molecule has 14 heavy (non-hydrogen) atoms. The maximum Gasteiger partial charge on any atom is 0.391 e. The van der Waals surface area contributed by atoms with E-state index in [1.165, 1.54) is 6.92 Å². The summed E-state index contributed by atoms with van der Waals surface area (Å²) in [7, 11) is 0. The summed E-state index contributed by atoms with van der Waals surface area (Å²) in [4.78, 5) is 0. The molecule has 0 aliphatic rings. The Morgan fingerprint density at radius 3 is 2.21 bits per heavy atom. The molecule has 0 rings (SSSR count). The van der Waals surface area contributed by atoms with Crippen molar-refractivity contribution in [1.82, 2.24) is 0 Å². The zero-order valence-electron chi connectivity index (χ0n) is 8.28. The van der Waals surface area contributed by atoms with Crippen LogP contribution in [0.4, 0.5) is 17.6 Å². The van der Waals surface area contributed by atoms with Crippen LogP contribution in [-0.4, -0.2) is 12.9 Å². The molecule has 0 aromatic rings. The first-order valence-corrected chi connectivity index (χ1v) is 4.76. The van der Waals surface area contributed by atoms with Gasteiger partial charge in [0.05, 0.1) is 12.6 Å². The molecule has 0 fully saturated rings. The Balaban J connectivity index is 3.49.